The maximum Gasteiger partial charge on any atom is 0.152 e. The van der Waals surface area contributed by atoms with Crippen molar-refractivity contribution in [2.75, 3.05) is 6.61 Å². The van der Waals surface area contributed by atoms with Crippen molar-refractivity contribution < 1.29 is 9.53 Å². The Morgan fingerprint density at radius 1 is 1.50 bits per heavy atom. The summed E-state index contributed by atoms with van der Waals surface area (Å²) < 4.78 is 7.43. The van der Waals surface area contributed by atoms with Gasteiger partial charge in [-0.15, -0.1) is 0 Å². The summed E-state index contributed by atoms with van der Waals surface area (Å²) in [6.45, 7) is 3.68. The summed E-state index contributed by atoms with van der Waals surface area (Å²) >= 11 is 0. The van der Waals surface area contributed by atoms with Gasteiger partial charge in [-0.25, -0.2) is 0 Å². The molecule has 82 valence electrons. The number of fused-ring (bicyclic) bond motifs is 1. The van der Waals surface area contributed by atoms with Gasteiger partial charge in [-0.1, -0.05) is 18.2 Å². The van der Waals surface area contributed by atoms with Crippen molar-refractivity contribution >= 4 is 17.2 Å². The van der Waals surface area contributed by atoms with Crippen LogP contribution >= 0.6 is 0 Å². The van der Waals surface area contributed by atoms with Crippen LogP contribution in [-0.4, -0.2) is 23.6 Å². The van der Waals surface area contributed by atoms with Gasteiger partial charge in [0.1, 0.15) is 0 Å². The molecule has 2 aromatic rings. The van der Waals surface area contributed by atoms with Crippen LogP contribution in [0.2, 0.25) is 0 Å². The molecule has 0 amide bonds. The molecular formula is C13H13NO2. The zero-order valence-corrected chi connectivity index (χ0v) is 9.14. The van der Waals surface area contributed by atoms with E-state index in [1.54, 1.807) is 0 Å². The number of rotatable bonds is 3. The van der Waals surface area contributed by atoms with Gasteiger partial charge in [0.2, 0.25) is 0 Å². The zero-order chi connectivity index (χ0) is 11.1. The van der Waals surface area contributed by atoms with Crippen molar-refractivity contribution in [3.8, 4) is 0 Å². The highest BCUT2D eigenvalue weighted by Gasteiger charge is 2.25. The van der Waals surface area contributed by atoms with Gasteiger partial charge < -0.3 is 9.30 Å². The Kier molecular flexibility index (Phi) is 2.07. The number of epoxide rings is 1. The van der Waals surface area contributed by atoms with Crippen molar-refractivity contribution in [1.29, 1.82) is 0 Å². The molecule has 1 aromatic heterocycles. The molecule has 0 N–H and O–H groups in total. The van der Waals surface area contributed by atoms with Gasteiger partial charge in [-0.2, -0.15) is 0 Å². The van der Waals surface area contributed by atoms with E-state index in [0.717, 1.165) is 41.6 Å². The summed E-state index contributed by atoms with van der Waals surface area (Å²) in [5.41, 5.74) is 2.96. The molecule has 3 heteroatoms. The normalized spacial score (nSPS) is 18.9. The van der Waals surface area contributed by atoms with Gasteiger partial charge in [0, 0.05) is 22.2 Å². The first-order valence-corrected chi connectivity index (χ1v) is 5.46. The van der Waals surface area contributed by atoms with Gasteiger partial charge in [-0.05, 0) is 13.0 Å². The molecule has 0 unspecified atom stereocenters. The minimum Gasteiger partial charge on any atom is -0.371 e. The fourth-order valence-corrected chi connectivity index (χ4v) is 2.22. The third-order valence-electron chi connectivity index (χ3n) is 3.19. The van der Waals surface area contributed by atoms with Crippen molar-refractivity contribution in [3.05, 3.63) is 35.5 Å². The number of hydrogen-bond acceptors (Lipinski definition) is 2. The molecule has 1 aromatic carbocycles. The Labute approximate surface area is 93.6 Å². The second kappa shape index (κ2) is 3.46. The first-order valence-electron chi connectivity index (χ1n) is 5.46. The van der Waals surface area contributed by atoms with Gasteiger partial charge in [0.05, 0.1) is 19.3 Å². The summed E-state index contributed by atoms with van der Waals surface area (Å²) in [6.07, 6.45) is 1.27. The molecule has 3 rings (SSSR count). The second-order valence-electron chi connectivity index (χ2n) is 4.20. The maximum absolute atomic E-state index is 11.1. The highest BCUT2D eigenvalue weighted by atomic mass is 16.6. The Morgan fingerprint density at radius 2 is 2.25 bits per heavy atom. The van der Waals surface area contributed by atoms with E-state index in [-0.39, 0.29) is 0 Å². The van der Waals surface area contributed by atoms with E-state index in [4.69, 9.17) is 4.74 Å². The molecule has 2 heterocycles. The lowest BCUT2D eigenvalue weighted by Crippen LogP contribution is -2.05. The molecule has 0 bridgehead atoms. The van der Waals surface area contributed by atoms with Crippen LogP contribution in [0.4, 0.5) is 0 Å². The van der Waals surface area contributed by atoms with E-state index in [1.165, 1.54) is 0 Å². The SMILES string of the molecule is Cc1c(C=O)c2ccccc2n1C[C@@H]1CO1. The molecule has 0 aliphatic carbocycles. The second-order valence-corrected chi connectivity index (χ2v) is 4.20. The summed E-state index contributed by atoms with van der Waals surface area (Å²) in [4.78, 5) is 11.1. The van der Waals surface area contributed by atoms with E-state index in [9.17, 15) is 4.79 Å². The minimum atomic E-state index is 0.328. The molecule has 0 saturated carbocycles. The molecular weight excluding hydrogens is 202 g/mol. The first kappa shape index (κ1) is 9.60. The van der Waals surface area contributed by atoms with Crippen LogP contribution in [-0.2, 0) is 11.3 Å². The van der Waals surface area contributed by atoms with Crippen molar-refractivity contribution in [2.24, 2.45) is 0 Å². The number of para-hydroxylation sites is 1. The Hall–Kier alpha value is -1.61. The Bertz CT molecular complexity index is 552. The Balaban J connectivity index is 2.23. The Morgan fingerprint density at radius 3 is 2.94 bits per heavy atom. The van der Waals surface area contributed by atoms with E-state index in [2.05, 4.69) is 10.6 Å². The van der Waals surface area contributed by atoms with Crippen LogP contribution in [0.25, 0.3) is 10.9 Å². The fourth-order valence-electron chi connectivity index (χ4n) is 2.22. The van der Waals surface area contributed by atoms with Gasteiger partial charge in [-0.3, -0.25) is 4.79 Å². The average Bonchev–Trinajstić information content (AvgIpc) is 3.07. The molecule has 3 nitrogen and oxygen atoms in total. The molecule has 1 fully saturated rings. The van der Waals surface area contributed by atoms with Gasteiger partial charge in [0.25, 0.3) is 0 Å². The van der Waals surface area contributed by atoms with E-state index < -0.39 is 0 Å². The van der Waals surface area contributed by atoms with E-state index in [1.807, 2.05) is 25.1 Å². The van der Waals surface area contributed by atoms with Gasteiger partial charge in [0.15, 0.2) is 6.29 Å². The first-order chi connectivity index (χ1) is 7.81. The highest BCUT2D eigenvalue weighted by Crippen LogP contribution is 2.26. The number of ether oxygens (including phenoxy) is 1. The monoisotopic (exact) mass is 215 g/mol. The molecule has 1 aliphatic rings. The minimum absolute atomic E-state index is 0.328. The van der Waals surface area contributed by atoms with Crippen LogP contribution < -0.4 is 0 Å². The van der Waals surface area contributed by atoms with Crippen LogP contribution in [0, 0.1) is 6.92 Å². The number of hydrogen-bond donors (Lipinski definition) is 0. The number of carbonyl (C=O) groups is 1. The number of aldehydes is 1. The lowest BCUT2D eigenvalue weighted by molar-refractivity contribution is 0.112. The predicted molar refractivity (Wildman–Crippen MR) is 61.8 cm³/mol. The topological polar surface area (TPSA) is 34.5 Å². The van der Waals surface area contributed by atoms with Crippen molar-refractivity contribution in [2.45, 2.75) is 19.6 Å². The molecule has 16 heavy (non-hydrogen) atoms. The molecule has 1 aliphatic heterocycles. The van der Waals surface area contributed by atoms with Gasteiger partial charge >= 0.3 is 0 Å². The third-order valence-corrected chi connectivity index (χ3v) is 3.19. The number of aromatic nitrogens is 1. The van der Waals surface area contributed by atoms with Crippen LogP contribution in [0.5, 0.6) is 0 Å². The lowest BCUT2D eigenvalue weighted by Gasteiger charge is -2.05. The predicted octanol–water partition coefficient (Wildman–Crippen LogP) is 2.16. The molecule has 0 spiro atoms. The lowest BCUT2D eigenvalue weighted by atomic mass is 10.1. The average molecular weight is 215 g/mol. The van der Waals surface area contributed by atoms with E-state index in [0.29, 0.717) is 6.10 Å². The standard InChI is InChI=1S/C13H13NO2/c1-9-12(7-15)11-4-2-3-5-13(11)14(9)6-10-8-16-10/h2-5,7,10H,6,8H2,1H3/t10-/m1/s1. The molecule has 1 atom stereocenters. The summed E-state index contributed by atoms with van der Waals surface area (Å²) in [5, 5.41) is 1.04. The highest BCUT2D eigenvalue weighted by molar-refractivity contribution is 5.99. The third kappa shape index (κ3) is 1.36. The van der Waals surface area contributed by atoms with Crippen molar-refractivity contribution in [3.63, 3.8) is 0 Å². The summed E-state index contributed by atoms with van der Waals surface area (Å²) in [6, 6.07) is 8.02. The number of benzene rings is 1. The van der Waals surface area contributed by atoms with E-state index >= 15 is 0 Å². The van der Waals surface area contributed by atoms with Crippen LogP contribution in [0.3, 0.4) is 0 Å². The van der Waals surface area contributed by atoms with Crippen LogP contribution in [0.15, 0.2) is 24.3 Å². The zero-order valence-electron chi connectivity index (χ0n) is 9.14. The quantitative estimate of drug-likeness (QED) is 0.581. The fraction of sp³-hybridized carbons (Fsp3) is 0.308. The molecule has 1 saturated heterocycles. The largest absolute Gasteiger partial charge is 0.371 e. The summed E-state index contributed by atoms with van der Waals surface area (Å²) in [5.74, 6) is 0. The maximum atomic E-state index is 11.1. The van der Waals surface area contributed by atoms with Crippen LogP contribution in [0.1, 0.15) is 16.1 Å². The number of carbonyl (C=O) groups excluding carboxylic acids is 1. The number of nitrogens with zero attached hydrogens (tertiary/aromatic N) is 1. The summed E-state index contributed by atoms with van der Waals surface area (Å²) in [7, 11) is 0. The van der Waals surface area contributed by atoms with Crippen molar-refractivity contribution in [1.82, 2.24) is 4.57 Å². The molecule has 0 radical (unpaired) electrons. The smallest absolute Gasteiger partial charge is 0.152 e.